The number of nitrogens with zero attached hydrogens (tertiary/aromatic N) is 1. The second-order valence-electron chi connectivity index (χ2n) is 21.6. The molecular formula is C57H55NS. The Bertz CT molecular complexity index is 2790. The molecule has 6 unspecified atom stereocenters. The van der Waals surface area contributed by atoms with Gasteiger partial charge >= 0.3 is 0 Å². The Morgan fingerprint density at radius 1 is 0.525 bits per heavy atom. The molecule has 1 heterocycles. The number of fused-ring (bicyclic) bond motifs is 11. The molecule has 4 saturated carbocycles. The van der Waals surface area contributed by atoms with Crippen LogP contribution in [0.15, 0.2) is 137 Å². The van der Waals surface area contributed by atoms with E-state index < -0.39 is 0 Å². The fourth-order valence-electron chi connectivity index (χ4n) is 15.2. The highest BCUT2D eigenvalue weighted by molar-refractivity contribution is 7.99. The van der Waals surface area contributed by atoms with Gasteiger partial charge < -0.3 is 4.90 Å². The zero-order valence-electron chi connectivity index (χ0n) is 35.5. The van der Waals surface area contributed by atoms with Crippen molar-refractivity contribution in [1.29, 1.82) is 0 Å². The molecule has 6 aliphatic carbocycles. The van der Waals surface area contributed by atoms with Gasteiger partial charge in [-0.1, -0.05) is 150 Å². The number of anilines is 3. The van der Waals surface area contributed by atoms with Crippen LogP contribution >= 0.6 is 11.8 Å². The van der Waals surface area contributed by atoms with Gasteiger partial charge in [-0.05, 0) is 159 Å². The minimum absolute atomic E-state index is 0.0852. The fraction of sp³-hybridized carbons (Fsp3) is 0.368. The van der Waals surface area contributed by atoms with E-state index in [0.29, 0.717) is 5.41 Å². The summed E-state index contributed by atoms with van der Waals surface area (Å²) in [5.74, 6) is 3.36. The highest BCUT2D eigenvalue weighted by Gasteiger charge is 2.84. The van der Waals surface area contributed by atoms with Crippen LogP contribution in [0.2, 0.25) is 0 Å². The molecule has 7 aliphatic rings. The van der Waals surface area contributed by atoms with Crippen LogP contribution in [0, 0.1) is 29.1 Å². The van der Waals surface area contributed by atoms with Crippen molar-refractivity contribution >= 4 is 28.8 Å². The molecule has 6 aromatic rings. The zero-order valence-corrected chi connectivity index (χ0v) is 36.3. The summed E-state index contributed by atoms with van der Waals surface area (Å²) in [5, 5.41) is 0. The SMILES string of the molecule is CC1(C)CCC(C)(C)c2cc(N(c3ccc4c(c3)C(C)(C)c3ccccc3-4)c3c(-c4ccccc4)ccc4c3Sc3ccccc3C43C4CC5CC6CC3C64C5)ccc21. The minimum Gasteiger partial charge on any atom is -0.309 e. The van der Waals surface area contributed by atoms with Crippen LogP contribution in [-0.4, -0.2) is 0 Å². The Labute approximate surface area is 355 Å². The molecule has 6 atom stereocenters. The van der Waals surface area contributed by atoms with Crippen LogP contribution in [-0.2, 0) is 21.7 Å². The van der Waals surface area contributed by atoms with E-state index in [4.69, 9.17) is 0 Å². The molecule has 13 rings (SSSR count). The van der Waals surface area contributed by atoms with E-state index in [1.165, 1.54) is 110 Å². The predicted octanol–water partition coefficient (Wildman–Crippen LogP) is 15.3. The largest absolute Gasteiger partial charge is 0.309 e. The van der Waals surface area contributed by atoms with Crippen LogP contribution < -0.4 is 4.90 Å². The van der Waals surface area contributed by atoms with E-state index in [1.54, 1.807) is 11.1 Å². The lowest BCUT2D eigenvalue weighted by Gasteiger charge is -2.78. The van der Waals surface area contributed by atoms with Crippen LogP contribution in [0.25, 0.3) is 22.3 Å². The minimum atomic E-state index is -0.103. The van der Waals surface area contributed by atoms with E-state index in [1.807, 2.05) is 0 Å². The molecule has 0 aromatic heterocycles. The Hall–Kier alpha value is -4.53. The second kappa shape index (κ2) is 11.4. The monoisotopic (exact) mass is 785 g/mol. The van der Waals surface area contributed by atoms with Gasteiger partial charge in [-0.15, -0.1) is 0 Å². The lowest BCUT2D eigenvalue weighted by Crippen LogP contribution is -2.74. The quantitative estimate of drug-likeness (QED) is 0.175. The standard InChI is InChI=1S/C57H55NS/c1-53(2)26-27-54(3,4)47-32-38(21-24-43(47)53)58(37-20-22-41-40-16-10-11-17-42(40)55(5,6)46(41)31-37)51-39(35-14-8-7-9-15-35)23-25-45-52(51)59-48-19-13-12-18-44(48)57(45)49-29-34-28-36-30-50(57)56(36,49)33-34/h7-25,31-32,34,36,49-50H,26-30,33H2,1-6H3. The average Bonchev–Trinajstić information content (AvgIpc) is 3.85. The summed E-state index contributed by atoms with van der Waals surface area (Å²) in [7, 11) is 0. The van der Waals surface area contributed by atoms with Crippen LogP contribution in [0.4, 0.5) is 17.1 Å². The van der Waals surface area contributed by atoms with Gasteiger partial charge in [0.2, 0.25) is 0 Å². The first kappa shape index (κ1) is 35.2. The van der Waals surface area contributed by atoms with Crippen LogP contribution in [0.3, 0.4) is 0 Å². The molecule has 6 aromatic carbocycles. The van der Waals surface area contributed by atoms with E-state index in [0.717, 1.165) is 23.7 Å². The fourth-order valence-corrected chi connectivity index (χ4v) is 16.5. The molecule has 1 nitrogen and oxygen atoms in total. The Morgan fingerprint density at radius 2 is 1.15 bits per heavy atom. The third-order valence-electron chi connectivity index (χ3n) is 17.9. The topological polar surface area (TPSA) is 3.24 Å². The van der Waals surface area contributed by atoms with Crippen molar-refractivity contribution in [3.63, 3.8) is 0 Å². The first-order valence-electron chi connectivity index (χ1n) is 22.6. The first-order chi connectivity index (χ1) is 28.4. The molecule has 2 spiro atoms. The molecule has 2 bridgehead atoms. The normalized spacial score (nSPS) is 29.6. The van der Waals surface area contributed by atoms with E-state index >= 15 is 0 Å². The zero-order chi connectivity index (χ0) is 39.8. The molecule has 0 radical (unpaired) electrons. The molecule has 0 N–H and O–H groups in total. The Balaban J connectivity index is 1.12. The maximum atomic E-state index is 2.73. The summed E-state index contributed by atoms with van der Waals surface area (Å²) in [6, 6.07) is 50.3. The van der Waals surface area contributed by atoms with Crippen LogP contribution in [0.1, 0.15) is 113 Å². The average molecular weight is 786 g/mol. The third-order valence-corrected chi connectivity index (χ3v) is 19.0. The number of rotatable bonds is 4. The molecule has 2 heteroatoms. The van der Waals surface area contributed by atoms with Gasteiger partial charge in [0, 0.05) is 37.6 Å². The maximum absolute atomic E-state index is 2.73. The molecule has 4 fully saturated rings. The summed E-state index contributed by atoms with van der Waals surface area (Å²) >= 11 is 2.06. The van der Waals surface area contributed by atoms with Crippen molar-refractivity contribution in [3.05, 3.63) is 161 Å². The number of hydrogen-bond donors (Lipinski definition) is 0. The van der Waals surface area contributed by atoms with Gasteiger partial charge in [0.05, 0.1) is 5.69 Å². The van der Waals surface area contributed by atoms with Gasteiger partial charge in [-0.2, -0.15) is 0 Å². The van der Waals surface area contributed by atoms with E-state index in [2.05, 4.69) is 186 Å². The summed E-state index contributed by atoms with van der Waals surface area (Å²) < 4.78 is 0. The molecule has 294 valence electrons. The number of hydrogen-bond acceptors (Lipinski definition) is 2. The highest BCUT2D eigenvalue weighted by Crippen LogP contribution is 2.89. The summed E-state index contributed by atoms with van der Waals surface area (Å²) in [4.78, 5) is 5.68. The van der Waals surface area contributed by atoms with Gasteiger partial charge in [-0.25, -0.2) is 0 Å². The summed E-state index contributed by atoms with van der Waals surface area (Å²) in [6.45, 7) is 14.7. The van der Waals surface area contributed by atoms with Crippen molar-refractivity contribution in [2.45, 2.75) is 112 Å². The Morgan fingerprint density at radius 3 is 1.95 bits per heavy atom. The number of benzene rings is 6. The Kier molecular flexibility index (Phi) is 6.83. The lowest BCUT2D eigenvalue weighted by molar-refractivity contribution is -0.235. The summed E-state index contributed by atoms with van der Waals surface area (Å²) in [6.07, 6.45) is 8.18. The second-order valence-corrected chi connectivity index (χ2v) is 22.6. The molecule has 59 heavy (non-hydrogen) atoms. The smallest absolute Gasteiger partial charge is 0.0682 e. The van der Waals surface area contributed by atoms with Crippen LogP contribution in [0.5, 0.6) is 0 Å². The lowest BCUT2D eigenvalue weighted by atomic mass is 9.26. The molecule has 0 saturated heterocycles. The van der Waals surface area contributed by atoms with Gasteiger partial charge in [0.15, 0.2) is 0 Å². The van der Waals surface area contributed by atoms with Crippen molar-refractivity contribution in [3.8, 4) is 22.3 Å². The van der Waals surface area contributed by atoms with Gasteiger partial charge in [0.25, 0.3) is 0 Å². The third kappa shape index (κ3) is 4.25. The maximum Gasteiger partial charge on any atom is 0.0682 e. The first-order valence-corrected chi connectivity index (χ1v) is 23.5. The van der Waals surface area contributed by atoms with Crippen molar-refractivity contribution in [2.75, 3.05) is 4.90 Å². The van der Waals surface area contributed by atoms with Crippen molar-refractivity contribution in [2.24, 2.45) is 29.1 Å². The molecule has 1 aliphatic heterocycles. The molecule has 0 amide bonds. The highest BCUT2D eigenvalue weighted by atomic mass is 32.2. The van der Waals surface area contributed by atoms with Crippen molar-refractivity contribution < 1.29 is 0 Å². The van der Waals surface area contributed by atoms with Gasteiger partial charge in [0.1, 0.15) is 0 Å². The van der Waals surface area contributed by atoms with Gasteiger partial charge in [-0.3, -0.25) is 0 Å². The molecular weight excluding hydrogens is 731 g/mol. The van der Waals surface area contributed by atoms with E-state index in [-0.39, 0.29) is 21.7 Å². The predicted molar refractivity (Wildman–Crippen MR) is 246 cm³/mol. The van der Waals surface area contributed by atoms with Crippen molar-refractivity contribution in [1.82, 2.24) is 0 Å². The van der Waals surface area contributed by atoms with E-state index in [9.17, 15) is 0 Å². The summed E-state index contributed by atoms with van der Waals surface area (Å²) in [5.41, 5.74) is 19.1.